The predicted molar refractivity (Wildman–Crippen MR) is 110 cm³/mol. The number of benzene rings is 1. The van der Waals surface area contributed by atoms with Gasteiger partial charge in [0.25, 0.3) is 0 Å². The lowest BCUT2D eigenvalue weighted by Crippen LogP contribution is -2.32. The van der Waals surface area contributed by atoms with Crippen LogP contribution in [0.4, 0.5) is 21.1 Å². The van der Waals surface area contributed by atoms with Crippen molar-refractivity contribution >= 4 is 23.6 Å². The summed E-state index contributed by atoms with van der Waals surface area (Å²) in [4.78, 5) is 30.0. The molecule has 2 N–H and O–H groups in total. The summed E-state index contributed by atoms with van der Waals surface area (Å²) in [6.07, 6.45) is 3.08. The Morgan fingerprint density at radius 1 is 1.03 bits per heavy atom. The number of carbonyl (C=O) groups is 2. The molecule has 2 aromatic rings. The Morgan fingerprint density at radius 2 is 1.79 bits per heavy atom. The van der Waals surface area contributed by atoms with Gasteiger partial charge in [-0.15, -0.1) is 0 Å². The van der Waals surface area contributed by atoms with Gasteiger partial charge in [-0.05, 0) is 57.9 Å². The Bertz CT molecular complexity index is 856. The van der Waals surface area contributed by atoms with Crippen LogP contribution in [0.1, 0.15) is 33.6 Å². The van der Waals surface area contributed by atoms with Crippen LogP contribution in [-0.4, -0.2) is 40.7 Å². The number of likely N-dealkylation sites (tertiary alicyclic amines) is 1. The summed E-state index contributed by atoms with van der Waals surface area (Å²) in [6, 6.07) is 10.2. The Kier molecular flexibility index (Phi) is 6.21. The fourth-order valence-corrected chi connectivity index (χ4v) is 2.82. The number of rotatable bonds is 4. The Hall–Kier alpha value is -3.29. The van der Waals surface area contributed by atoms with Gasteiger partial charge in [-0.3, -0.25) is 10.6 Å². The van der Waals surface area contributed by atoms with Crippen molar-refractivity contribution in [1.29, 1.82) is 0 Å². The first-order chi connectivity index (χ1) is 13.8. The van der Waals surface area contributed by atoms with Crippen LogP contribution in [-0.2, 0) is 4.74 Å². The van der Waals surface area contributed by atoms with Crippen LogP contribution in [0.3, 0.4) is 0 Å². The number of amides is 3. The monoisotopic (exact) mass is 398 g/mol. The molecule has 0 unspecified atom stereocenters. The van der Waals surface area contributed by atoms with E-state index in [0.717, 1.165) is 25.9 Å². The average Bonchev–Trinajstić information content (AvgIpc) is 3.17. The van der Waals surface area contributed by atoms with Crippen LogP contribution in [0.5, 0.6) is 11.5 Å². The van der Waals surface area contributed by atoms with Gasteiger partial charge in [0.1, 0.15) is 22.9 Å². The second-order valence-corrected chi connectivity index (χ2v) is 7.76. The summed E-state index contributed by atoms with van der Waals surface area (Å²) < 4.78 is 11.0. The summed E-state index contributed by atoms with van der Waals surface area (Å²) in [5.74, 6) is 1.52. The minimum atomic E-state index is -0.574. The zero-order chi connectivity index (χ0) is 20.9. The van der Waals surface area contributed by atoms with Crippen molar-refractivity contribution in [2.45, 2.75) is 39.2 Å². The topological polar surface area (TPSA) is 92.8 Å². The molecule has 1 aliphatic rings. The summed E-state index contributed by atoms with van der Waals surface area (Å²) in [6.45, 7) is 6.96. The molecule has 154 valence electrons. The molecule has 1 aromatic heterocycles. The SMILES string of the molecule is CC(C)(C)OC(=O)Nc1cccc(Oc2ccc(NC(=O)N3CCCC3)nc2)c1. The lowest BCUT2D eigenvalue weighted by molar-refractivity contribution is 0.0636. The molecule has 0 spiro atoms. The third-order valence-electron chi connectivity index (χ3n) is 4.08. The molecule has 2 heterocycles. The maximum Gasteiger partial charge on any atom is 0.412 e. The van der Waals surface area contributed by atoms with E-state index in [1.165, 1.54) is 6.20 Å². The second kappa shape index (κ2) is 8.81. The Balaban J connectivity index is 1.57. The van der Waals surface area contributed by atoms with E-state index in [-0.39, 0.29) is 6.03 Å². The molecule has 0 saturated carbocycles. The number of hydrogen-bond acceptors (Lipinski definition) is 5. The lowest BCUT2D eigenvalue weighted by Gasteiger charge is -2.19. The van der Waals surface area contributed by atoms with Crippen LogP contribution in [0, 0.1) is 0 Å². The average molecular weight is 398 g/mol. The zero-order valence-electron chi connectivity index (χ0n) is 16.9. The first-order valence-electron chi connectivity index (χ1n) is 9.58. The number of carbonyl (C=O) groups excluding carboxylic acids is 2. The number of nitrogens with zero attached hydrogens (tertiary/aromatic N) is 2. The maximum atomic E-state index is 12.1. The number of urea groups is 1. The lowest BCUT2D eigenvalue weighted by atomic mass is 10.2. The Morgan fingerprint density at radius 3 is 2.45 bits per heavy atom. The highest BCUT2D eigenvalue weighted by Crippen LogP contribution is 2.25. The second-order valence-electron chi connectivity index (χ2n) is 7.76. The van der Waals surface area contributed by atoms with E-state index in [9.17, 15) is 9.59 Å². The van der Waals surface area contributed by atoms with Crippen LogP contribution in [0.2, 0.25) is 0 Å². The molecule has 3 amide bonds. The van der Waals surface area contributed by atoms with Gasteiger partial charge in [0.15, 0.2) is 0 Å². The highest BCUT2D eigenvalue weighted by atomic mass is 16.6. The highest BCUT2D eigenvalue weighted by molar-refractivity contribution is 5.88. The maximum absolute atomic E-state index is 12.1. The summed E-state index contributed by atoms with van der Waals surface area (Å²) in [7, 11) is 0. The van der Waals surface area contributed by atoms with E-state index in [1.54, 1.807) is 62.1 Å². The van der Waals surface area contributed by atoms with E-state index < -0.39 is 11.7 Å². The molecule has 0 aliphatic carbocycles. The van der Waals surface area contributed by atoms with Crippen molar-refractivity contribution < 1.29 is 19.1 Å². The van der Waals surface area contributed by atoms with E-state index >= 15 is 0 Å². The first-order valence-corrected chi connectivity index (χ1v) is 9.58. The predicted octanol–water partition coefficient (Wildman–Crippen LogP) is 4.85. The van der Waals surface area contributed by atoms with Crippen molar-refractivity contribution in [1.82, 2.24) is 9.88 Å². The van der Waals surface area contributed by atoms with Crippen molar-refractivity contribution in [3.8, 4) is 11.5 Å². The van der Waals surface area contributed by atoms with Crippen molar-refractivity contribution in [2.75, 3.05) is 23.7 Å². The molecule has 0 atom stereocenters. The fraction of sp³-hybridized carbons (Fsp3) is 0.381. The van der Waals surface area contributed by atoms with Gasteiger partial charge in [0, 0.05) is 24.8 Å². The van der Waals surface area contributed by atoms with Gasteiger partial charge in [0.2, 0.25) is 0 Å². The van der Waals surface area contributed by atoms with E-state index in [4.69, 9.17) is 9.47 Å². The molecule has 8 nitrogen and oxygen atoms in total. The molecule has 8 heteroatoms. The van der Waals surface area contributed by atoms with Gasteiger partial charge in [-0.25, -0.2) is 14.6 Å². The van der Waals surface area contributed by atoms with Crippen LogP contribution in [0.25, 0.3) is 0 Å². The van der Waals surface area contributed by atoms with Crippen molar-refractivity contribution in [2.24, 2.45) is 0 Å². The summed E-state index contributed by atoms with van der Waals surface area (Å²) >= 11 is 0. The molecular formula is C21H26N4O4. The number of nitrogens with one attached hydrogen (secondary N) is 2. The fourth-order valence-electron chi connectivity index (χ4n) is 2.82. The minimum absolute atomic E-state index is 0.135. The third-order valence-corrected chi connectivity index (χ3v) is 4.08. The third kappa shape index (κ3) is 6.38. The van der Waals surface area contributed by atoms with Crippen LogP contribution < -0.4 is 15.4 Å². The van der Waals surface area contributed by atoms with Crippen molar-refractivity contribution in [3.05, 3.63) is 42.6 Å². The van der Waals surface area contributed by atoms with Gasteiger partial charge in [-0.1, -0.05) is 6.07 Å². The van der Waals surface area contributed by atoms with Gasteiger partial charge >= 0.3 is 12.1 Å². The first kappa shape index (κ1) is 20.4. The smallest absolute Gasteiger partial charge is 0.412 e. The number of ether oxygens (including phenoxy) is 2. The molecule has 1 fully saturated rings. The summed E-state index contributed by atoms with van der Waals surface area (Å²) in [5.41, 5.74) is -0.0188. The molecule has 29 heavy (non-hydrogen) atoms. The van der Waals surface area contributed by atoms with Gasteiger partial charge in [0.05, 0.1) is 6.20 Å². The van der Waals surface area contributed by atoms with Crippen LogP contribution >= 0.6 is 0 Å². The minimum Gasteiger partial charge on any atom is -0.456 e. The summed E-state index contributed by atoms with van der Waals surface area (Å²) in [5, 5.41) is 5.46. The largest absolute Gasteiger partial charge is 0.456 e. The Labute approximate surface area is 170 Å². The molecular weight excluding hydrogens is 372 g/mol. The number of pyridine rings is 1. The van der Waals surface area contributed by atoms with Crippen LogP contribution in [0.15, 0.2) is 42.6 Å². The normalized spacial score (nSPS) is 13.7. The zero-order valence-corrected chi connectivity index (χ0v) is 16.9. The number of anilines is 2. The molecule has 0 bridgehead atoms. The molecule has 0 radical (unpaired) electrons. The van der Waals surface area contributed by atoms with E-state index in [0.29, 0.717) is 23.0 Å². The van der Waals surface area contributed by atoms with E-state index in [2.05, 4.69) is 15.6 Å². The highest BCUT2D eigenvalue weighted by Gasteiger charge is 2.18. The van der Waals surface area contributed by atoms with Crippen molar-refractivity contribution in [3.63, 3.8) is 0 Å². The van der Waals surface area contributed by atoms with Gasteiger partial charge < -0.3 is 14.4 Å². The molecule has 1 aliphatic heterocycles. The molecule has 3 rings (SSSR count). The standard InChI is InChI=1S/C21H26N4O4/c1-21(2,3)29-20(27)23-15-7-6-8-16(13-15)28-17-9-10-18(22-14-17)24-19(26)25-11-4-5-12-25/h6-10,13-14H,4-5,11-12H2,1-3H3,(H,23,27)(H,22,24,26). The van der Waals surface area contributed by atoms with Gasteiger partial charge in [-0.2, -0.15) is 0 Å². The quantitative estimate of drug-likeness (QED) is 0.768. The molecule has 1 saturated heterocycles. The van der Waals surface area contributed by atoms with E-state index in [1.807, 2.05) is 0 Å². The number of aromatic nitrogens is 1. The molecule has 1 aromatic carbocycles. The number of hydrogen-bond donors (Lipinski definition) is 2.